The molecule has 0 saturated heterocycles. The summed E-state index contributed by atoms with van der Waals surface area (Å²) in [6.07, 6.45) is 10.7. The molecule has 2 aromatic heterocycles. The van der Waals surface area contributed by atoms with E-state index in [2.05, 4.69) is 15.3 Å². The molecule has 0 aliphatic rings. The second-order valence-electron chi connectivity index (χ2n) is 5.33. The number of aromatic amines is 1. The molecular formula is C19H17N5O. The van der Waals surface area contributed by atoms with E-state index in [9.17, 15) is 4.79 Å². The zero-order valence-corrected chi connectivity index (χ0v) is 13.4. The van der Waals surface area contributed by atoms with Crippen molar-refractivity contribution in [2.45, 2.75) is 0 Å². The summed E-state index contributed by atoms with van der Waals surface area (Å²) in [5.41, 5.74) is 9.28. The minimum Gasteiger partial charge on any atom is -0.404 e. The van der Waals surface area contributed by atoms with Crippen molar-refractivity contribution in [3.63, 3.8) is 0 Å². The predicted molar refractivity (Wildman–Crippen MR) is 101 cm³/mol. The van der Waals surface area contributed by atoms with Crippen LogP contribution in [0.4, 0.5) is 5.69 Å². The molecule has 0 atom stereocenters. The second kappa shape index (κ2) is 7.27. The molecule has 0 aliphatic heterocycles. The molecule has 0 spiro atoms. The van der Waals surface area contributed by atoms with Crippen molar-refractivity contribution in [2.24, 2.45) is 5.73 Å². The highest BCUT2D eigenvalue weighted by Crippen LogP contribution is 2.19. The first-order valence-corrected chi connectivity index (χ1v) is 7.64. The van der Waals surface area contributed by atoms with E-state index >= 15 is 0 Å². The number of hydrogen-bond donors (Lipinski definition) is 4. The van der Waals surface area contributed by atoms with Crippen LogP contribution in [0, 0.1) is 5.41 Å². The van der Waals surface area contributed by atoms with Gasteiger partial charge in [0.15, 0.2) is 0 Å². The van der Waals surface area contributed by atoms with Gasteiger partial charge in [-0.05, 0) is 42.0 Å². The molecule has 3 aromatic rings. The van der Waals surface area contributed by atoms with Crippen molar-refractivity contribution < 1.29 is 4.79 Å². The van der Waals surface area contributed by atoms with Crippen LogP contribution in [-0.2, 0) is 4.79 Å². The molecule has 6 heteroatoms. The van der Waals surface area contributed by atoms with Crippen molar-refractivity contribution in [1.29, 1.82) is 5.41 Å². The number of nitrogens with one attached hydrogen (secondary N) is 3. The van der Waals surface area contributed by atoms with E-state index in [-0.39, 0.29) is 5.91 Å². The highest BCUT2D eigenvalue weighted by molar-refractivity contribution is 6.10. The van der Waals surface area contributed by atoms with Gasteiger partial charge in [-0.25, -0.2) is 0 Å². The Labute approximate surface area is 144 Å². The maximum Gasteiger partial charge on any atom is 0.248 e. The minimum absolute atomic E-state index is 0.252. The number of carbonyl (C=O) groups excluding carboxylic acids is 1. The minimum atomic E-state index is -0.252. The number of carbonyl (C=O) groups is 1. The van der Waals surface area contributed by atoms with Crippen LogP contribution < -0.4 is 11.1 Å². The van der Waals surface area contributed by atoms with Crippen LogP contribution in [0.15, 0.2) is 61.2 Å². The lowest BCUT2D eigenvalue weighted by Gasteiger charge is -2.05. The van der Waals surface area contributed by atoms with Gasteiger partial charge in [0, 0.05) is 64.8 Å². The maximum atomic E-state index is 12.2. The van der Waals surface area contributed by atoms with E-state index in [0.717, 1.165) is 22.2 Å². The summed E-state index contributed by atoms with van der Waals surface area (Å²) in [5, 5.41) is 11.3. The number of aromatic nitrogens is 2. The molecule has 0 radical (unpaired) electrons. The first kappa shape index (κ1) is 16.2. The molecule has 0 unspecified atom stereocenters. The van der Waals surface area contributed by atoms with Crippen molar-refractivity contribution >= 4 is 40.4 Å². The Morgan fingerprint density at radius 2 is 2.16 bits per heavy atom. The normalized spacial score (nSPS) is 11.8. The average Bonchev–Trinajstić information content (AvgIpc) is 3.10. The standard InChI is InChI=1S/C19H17N5O/c20-10-15(11-21)17-6-7-22-12-14(17)1-4-19(25)24-16-2-3-18-13(9-16)5-8-23-18/h1-12,20,23H,21H2,(H,24,25)/b4-1+,15-11+,20-10?. The fraction of sp³-hybridized carbons (Fsp3) is 0. The molecule has 0 bridgehead atoms. The lowest BCUT2D eigenvalue weighted by molar-refractivity contribution is -0.111. The third-order valence-corrected chi connectivity index (χ3v) is 3.73. The second-order valence-corrected chi connectivity index (χ2v) is 5.33. The Morgan fingerprint density at radius 3 is 2.96 bits per heavy atom. The molecule has 6 nitrogen and oxygen atoms in total. The first-order valence-electron chi connectivity index (χ1n) is 7.64. The van der Waals surface area contributed by atoms with E-state index in [0.29, 0.717) is 11.1 Å². The Morgan fingerprint density at radius 1 is 1.28 bits per heavy atom. The third kappa shape index (κ3) is 3.64. The summed E-state index contributed by atoms with van der Waals surface area (Å²) < 4.78 is 0. The highest BCUT2D eigenvalue weighted by atomic mass is 16.1. The zero-order chi connectivity index (χ0) is 17.6. The maximum absolute atomic E-state index is 12.2. The Hall–Kier alpha value is -3.67. The predicted octanol–water partition coefficient (Wildman–Crippen LogP) is 3.16. The van der Waals surface area contributed by atoms with Gasteiger partial charge in [-0.1, -0.05) is 0 Å². The third-order valence-electron chi connectivity index (χ3n) is 3.73. The Bertz CT molecular complexity index is 984. The number of rotatable bonds is 5. The van der Waals surface area contributed by atoms with Crippen LogP contribution in [0.1, 0.15) is 11.1 Å². The number of nitrogens with two attached hydrogens (primary N) is 1. The smallest absolute Gasteiger partial charge is 0.248 e. The van der Waals surface area contributed by atoms with Gasteiger partial charge < -0.3 is 21.4 Å². The number of fused-ring (bicyclic) bond motifs is 1. The quantitative estimate of drug-likeness (QED) is 0.426. The zero-order valence-electron chi connectivity index (χ0n) is 13.4. The van der Waals surface area contributed by atoms with E-state index in [1.165, 1.54) is 18.5 Å². The number of hydrogen-bond acceptors (Lipinski definition) is 4. The summed E-state index contributed by atoms with van der Waals surface area (Å²) in [6, 6.07) is 9.35. The number of benzene rings is 1. The van der Waals surface area contributed by atoms with E-state index in [1.54, 1.807) is 24.5 Å². The summed E-state index contributed by atoms with van der Waals surface area (Å²) in [6.45, 7) is 0. The van der Waals surface area contributed by atoms with Crippen LogP contribution in [0.25, 0.3) is 22.6 Å². The average molecular weight is 331 g/mol. The van der Waals surface area contributed by atoms with E-state index in [4.69, 9.17) is 11.1 Å². The Balaban J connectivity index is 1.77. The van der Waals surface area contributed by atoms with Crippen molar-refractivity contribution in [3.05, 3.63) is 72.3 Å². The number of allylic oxidation sites excluding steroid dienone is 1. The van der Waals surface area contributed by atoms with Gasteiger partial charge in [-0.3, -0.25) is 9.78 Å². The molecule has 2 heterocycles. The Kier molecular flexibility index (Phi) is 4.71. The van der Waals surface area contributed by atoms with Gasteiger partial charge >= 0.3 is 0 Å². The van der Waals surface area contributed by atoms with Crippen LogP contribution in [0.3, 0.4) is 0 Å². The summed E-state index contributed by atoms with van der Waals surface area (Å²) in [4.78, 5) is 19.3. The van der Waals surface area contributed by atoms with Gasteiger partial charge in [0.05, 0.1) is 0 Å². The monoisotopic (exact) mass is 331 g/mol. The van der Waals surface area contributed by atoms with Gasteiger partial charge in [-0.2, -0.15) is 0 Å². The summed E-state index contributed by atoms with van der Waals surface area (Å²) in [7, 11) is 0. The number of amides is 1. The number of nitrogens with zero attached hydrogens (tertiary/aromatic N) is 1. The fourth-order valence-corrected chi connectivity index (χ4v) is 2.50. The van der Waals surface area contributed by atoms with E-state index < -0.39 is 0 Å². The molecule has 25 heavy (non-hydrogen) atoms. The molecule has 1 amide bonds. The van der Waals surface area contributed by atoms with Crippen LogP contribution >= 0.6 is 0 Å². The number of pyridine rings is 1. The fourth-order valence-electron chi connectivity index (χ4n) is 2.50. The molecule has 124 valence electrons. The highest BCUT2D eigenvalue weighted by Gasteiger charge is 2.05. The molecule has 5 N–H and O–H groups in total. The summed E-state index contributed by atoms with van der Waals surface area (Å²) in [5.74, 6) is -0.252. The largest absolute Gasteiger partial charge is 0.404 e. The topological polar surface area (TPSA) is 108 Å². The van der Waals surface area contributed by atoms with E-state index in [1.807, 2.05) is 30.5 Å². The SMILES string of the molecule is N=C/C(=C\N)c1ccncc1/C=C/C(=O)Nc1ccc2[nH]ccc2c1. The molecule has 3 rings (SSSR count). The summed E-state index contributed by atoms with van der Waals surface area (Å²) >= 11 is 0. The van der Waals surface area contributed by atoms with Gasteiger partial charge in [0.2, 0.25) is 5.91 Å². The van der Waals surface area contributed by atoms with Gasteiger partial charge in [0.1, 0.15) is 0 Å². The van der Waals surface area contributed by atoms with Crippen molar-refractivity contribution in [2.75, 3.05) is 5.32 Å². The first-order chi connectivity index (χ1) is 12.2. The van der Waals surface area contributed by atoms with Crippen LogP contribution in [-0.4, -0.2) is 22.1 Å². The van der Waals surface area contributed by atoms with Gasteiger partial charge in [0.25, 0.3) is 0 Å². The molecular weight excluding hydrogens is 314 g/mol. The molecule has 0 aliphatic carbocycles. The molecule has 0 fully saturated rings. The lowest BCUT2D eigenvalue weighted by Crippen LogP contribution is -2.07. The molecule has 0 saturated carbocycles. The van der Waals surface area contributed by atoms with Crippen LogP contribution in [0.5, 0.6) is 0 Å². The number of H-pyrrole nitrogens is 1. The lowest BCUT2D eigenvalue weighted by atomic mass is 10.0. The number of anilines is 1. The van der Waals surface area contributed by atoms with Crippen molar-refractivity contribution in [1.82, 2.24) is 9.97 Å². The molecule has 1 aromatic carbocycles. The van der Waals surface area contributed by atoms with Gasteiger partial charge in [-0.15, -0.1) is 0 Å². The van der Waals surface area contributed by atoms with Crippen molar-refractivity contribution in [3.8, 4) is 0 Å². The van der Waals surface area contributed by atoms with Crippen LogP contribution in [0.2, 0.25) is 0 Å².